The first kappa shape index (κ1) is 11.1. The Labute approximate surface area is 90.1 Å². The SMILES string of the molecule is CC#CCCNc1nccc(C)c1C#N. The van der Waals surface area contributed by atoms with Crippen LogP contribution in [0.15, 0.2) is 12.3 Å². The average Bonchev–Trinajstić information content (AvgIpc) is 2.24. The molecule has 15 heavy (non-hydrogen) atoms. The fraction of sp³-hybridized carbons (Fsp3) is 0.333. The highest BCUT2D eigenvalue weighted by atomic mass is 15.0. The van der Waals surface area contributed by atoms with Crippen molar-refractivity contribution >= 4 is 5.82 Å². The molecule has 0 aliphatic heterocycles. The maximum absolute atomic E-state index is 8.94. The van der Waals surface area contributed by atoms with Gasteiger partial charge in [0, 0.05) is 19.2 Å². The molecule has 1 heterocycles. The van der Waals surface area contributed by atoms with E-state index in [0.29, 0.717) is 17.9 Å². The van der Waals surface area contributed by atoms with Gasteiger partial charge in [0.1, 0.15) is 11.9 Å². The van der Waals surface area contributed by atoms with Gasteiger partial charge in [-0.3, -0.25) is 0 Å². The van der Waals surface area contributed by atoms with E-state index in [0.717, 1.165) is 12.0 Å². The lowest BCUT2D eigenvalue weighted by Gasteiger charge is -2.06. The lowest BCUT2D eigenvalue weighted by molar-refractivity contribution is 1.06. The predicted octanol–water partition coefficient (Wildman–Crippen LogP) is 2.09. The molecular formula is C12H13N3. The van der Waals surface area contributed by atoms with Crippen molar-refractivity contribution in [3.63, 3.8) is 0 Å². The fourth-order valence-corrected chi connectivity index (χ4v) is 1.20. The molecule has 0 bridgehead atoms. The van der Waals surface area contributed by atoms with Gasteiger partial charge < -0.3 is 5.32 Å². The third-order valence-corrected chi connectivity index (χ3v) is 1.99. The second-order valence-electron chi connectivity index (χ2n) is 3.07. The number of nitriles is 1. The average molecular weight is 199 g/mol. The number of anilines is 1. The maximum Gasteiger partial charge on any atom is 0.144 e. The lowest BCUT2D eigenvalue weighted by atomic mass is 10.1. The van der Waals surface area contributed by atoms with Gasteiger partial charge in [-0.2, -0.15) is 5.26 Å². The molecule has 0 aromatic carbocycles. The van der Waals surface area contributed by atoms with Gasteiger partial charge in [0.25, 0.3) is 0 Å². The maximum atomic E-state index is 8.94. The van der Waals surface area contributed by atoms with E-state index in [1.165, 1.54) is 0 Å². The zero-order chi connectivity index (χ0) is 11.1. The summed E-state index contributed by atoms with van der Waals surface area (Å²) >= 11 is 0. The Morgan fingerprint density at radius 2 is 2.33 bits per heavy atom. The van der Waals surface area contributed by atoms with E-state index in [4.69, 9.17) is 5.26 Å². The standard InChI is InChI=1S/C12H13N3/c1-3-4-5-7-14-12-11(9-13)10(2)6-8-15-12/h6,8H,5,7H2,1-2H3,(H,14,15). The number of hydrogen-bond donors (Lipinski definition) is 1. The van der Waals surface area contributed by atoms with E-state index in [9.17, 15) is 0 Å². The first-order valence-electron chi connectivity index (χ1n) is 4.78. The molecule has 3 heteroatoms. The second kappa shape index (κ2) is 5.67. The Bertz CT molecular complexity index is 432. The van der Waals surface area contributed by atoms with Crippen molar-refractivity contribution in [1.29, 1.82) is 5.26 Å². The van der Waals surface area contributed by atoms with E-state index in [2.05, 4.69) is 28.2 Å². The zero-order valence-electron chi connectivity index (χ0n) is 8.96. The third kappa shape index (κ3) is 3.00. The Morgan fingerprint density at radius 1 is 1.53 bits per heavy atom. The fourth-order valence-electron chi connectivity index (χ4n) is 1.20. The summed E-state index contributed by atoms with van der Waals surface area (Å²) in [6.07, 6.45) is 2.46. The molecule has 3 nitrogen and oxygen atoms in total. The van der Waals surface area contributed by atoms with Crippen molar-refractivity contribution in [3.8, 4) is 17.9 Å². The van der Waals surface area contributed by atoms with Crippen LogP contribution in [0.25, 0.3) is 0 Å². The van der Waals surface area contributed by atoms with Gasteiger partial charge >= 0.3 is 0 Å². The van der Waals surface area contributed by atoms with Crippen LogP contribution in [0.4, 0.5) is 5.82 Å². The van der Waals surface area contributed by atoms with Gasteiger partial charge in [-0.1, -0.05) is 0 Å². The third-order valence-electron chi connectivity index (χ3n) is 1.99. The Balaban J connectivity index is 2.72. The summed E-state index contributed by atoms with van der Waals surface area (Å²) in [5.41, 5.74) is 1.55. The summed E-state index contributed by atoms with van der Waals surface area (Å²) in [4.78, 5) is 4.13. The highest BCUT2D eigenvalue weighted by molar-refractivity contribution is 5.55. The van der Waals surface area contributed by atoms with Crippen LogP contribution in [-0.4, -0.2) is 11.5 Å². The number of hydrogen-bond acceptors (Lipinski definition) is 3. The minimum absolute atomic E-state index is 0.613. The minimum atomic E-state index is 0.613. The summed E-state index contributed by atoms with van der Waals surface area (Å²) in [7, 11) is 0. The normalized spacial score (nSPS) is 8.60. The first-order valence-corrected chi connectivity index (χ1v) is 4.78. The molecule has 0 unspecified atom stereocenters. The molecule has 0 aliphatic carbocycles. The van der Waals surface area contributed by atoms with Crippen LogP contribution < -0.4 is 5.32 Å². The van der Waals surface area contributed by atoms with Gasteiger partial charge in [-0.05, 0) is 25.5 Å². The van der Waals surface area contributed by atoms with Crippen molar-refractivity contribution in [2.45, 2.75) is 20.3 Å². The van der Waals surface area contributed by atoms with Crippen molar-refractivity contribution in [2.24, 2.45) is 0 Å². The highest BCUT2D eigenvalue weighted by Gasteiger charge is 2.04. The smallest absolute Gasteiger partial charge is 0.144 e. The van der Waals surface area contributed by atoms with Gasteiger partial charge in [-0.15, -0.1) is 11.8 Å². The van der Waals surface area contributed by atoms with Crippen LogP contribution in [0.5, 0.6) is 0 Å². The number of aryl methyl sites for hydroxylation is 1. The summed E-state index contributed by atoms with van der Waals surface area (Å²) in [5, 5.41) is 12.0. The monoisotopic (exact) mass is 199 g/mol. The van der Waals surface area contributed by atoms with Gasteiger partial charge in [0.05, 0.1) is 5.56 Å². The molecule has 0 amide bonds. The predicted molar refractivity (Wildman–Crippen MR) is 60.2 cm³/mol. The van der Waals surface area contributed by atoms with Crippen LogP contribution in [0, 0.1) is 30.1 Å². The molecule has 0 saturated heterocycles. The Hall–Kier alpha value is -2.00. The molecule has 1 N–H and O–H groups in total. The summed E-state index contributed by atoms with van der Waals surface area (Å²) < 4.78 is 0. The van der Waals surface area contributed by atoms with E-state index in [1.807, 2.05) is 19.9 Å². The largest absolute Gasteiger partial charge is 0.368 e. The number of nitrogens with one attached hydrogen (secondary N) is 1. The van der Waals surface area contributed by atoms with Crippen LogP contribution in [0.2, 0.25) is 0 Å². The molecule has 0 fully saturated rings. The Kier molecular flexibility index (Phi) is 4.19. The van der Waals surface area contributed by atoms with Gasteiger partial charge in [0.2, 0.25) is 0 Å². The van der Waals surface area contributed by atoms with Crippen LogP contribution in [0.3, 0.4) is 0 Å². The molecule has 0 atom stereocenters. The molecule has 0 radical (unpaired) electrons. The number of aromatic nitrogens is 1. The van der Waals surface area contributed by atoms with Crippen LogP contribution in [-0.2, 0) is 0 Å². The summed E-state index contributed by atoms with van der Waals surface area (Å²) in [6.45, 7) is 4.43. The van der Waals surface area contributed by atoms with Crippen LogP contribution in [0.1, 0.15) is 24.5 Å². The minimum Gasteiger partial charge on any atom is -0.368 e. The first-order chi connectivity index (χ1) is 7.29. The van der Waals surface area contributed by atoms with Crippen molar-refractivity contribution in [3.05, 3.63) is 23.4 Å². The number of nitrogens with zero attached hydrogens (tertiary/aromatic N) is 2. The van der Waals surface area contributed by atoms with Crippen molar-refractivity contribution in [1.82, 2.24) is 4.98 Å². The van der Waals surface area contributed by atoms with Gasteiger partial charge in [-0.25, -0.2) is 4.98 Å². The number of rotatable bonds is 3. The Morgan fingerprint density at radius 3 is 3.00 bits per heavy atom. The lowest BCUT2D eigenvalue weighted by Crippen LogP contribution is -2.05. The summed E-state index contributed by atoms with van der Waals surface area (Å²) in [5.74, 6) is 6.41. The number of pyridine rings is 1. The van der Waals surface area contributed by atoms with Crippen molar-refractivity contribution < 1.29 is 0 Å². The molecule has 0 spiro atoms. The quantitative estimate of drug-likeness (QED) is 0.599. The summed E-state index contributed by atoms with van der Waals surface area (Å²) in [6, 6.07) is 3.97. The molecule has 0 saturated carbocycles. The van der Waals surface area contributed by atoms with E-state index in [1.54, 1.807) is 6.20 Å². The molecule has 1 aromatic rings. The molecule has 76 valence electrons. The van der Waals surface area contributed by atoms with E-state index in [-0.39, 0.29) is 0 Å². The highest BCUT2D eigenvalue weighted by Crippen LogP contribution is 2.14. The van der Waals surface area contributed by atoms with E-state index >= 15 is 0 Å². The van der Waals surface area contributed by atoms with Crippen LogP contribution >= 0.6 is 0 Å². The topological polar surface area (TPSA) is 48.7 Å². The molecule has 1 aromatic heterocycles. The van der Waals surface area contributed by atoms with Crippen molar-refractivity contribution in [2.75, 3.05) is 11.9 Å². The van der Waals surface area contributed by atoms with Gasteiger partial charge in [0.15, 0.2) is 0 Å². The molecule has 1 rings (SSSR count). The molecule has 0 aliphatic rings. The molecular weight excluding hydrogens is 186 g/mol. The zero-order valence-corrected chi connectivity index (χ0v) is 8.96. The van der Waals surface area contributed by atoms with E-state index < -0.39 is 0 Å². The second-order valence-corrected chi connectivity index (χ2v) is 3.07.